The van der Waals surface area contributed by atoms with Gasteiger partial charge in [0.05, 0.1) is 11.3 Å². The number of anilines is 1. The van der Waals surface area contributed by atoms with Gasteiger partial charge in [-0.25, -0.2) is 0 Å². The van der Waals surface area contributed by atoms with Crippen LogP contribution in [0.4, 0.5) is 11.4 Å². The molecule has 9 heteroatoms. The third-order valence-corrected chi connectivity index (χ3v) is 3.73. The molecular formula is C19H20N4O5. The summed E-state index contributed by atoms with van der Waals surface area (Å²) in [6.07, 6.45) is 0.0728. The molecule has 0 saturated heterocycles. The lowest BCUT2D eigenvalue weighted by Gasteiger charge is -2.08. The van der Waals surface area contributed by atoms with Crippen molar-refractivity contribution in [1.82, 2.24) is 10.6 Å². The maximum atomic E-state index is 12.1. The molecule has 0 aliphatic heterocycles. The largest absolute Gasteiger partial charge is 0.355 e. The van der Waals surface area contributed by atoms with Gasteiger partial charge in [0.2, 0.25) is 11.8 Å². The van der Waals surface area contributed by atoms with Crippen molar-refractivity contribution in [3.8, 4) is 0 Å². The molecule has 0 atom stereocenters. The van der Waals surface area contributed by atoms with E-state index in [2.05, 4.69) is 16.0 Å². The van der Waals surface area contributed by atoms with Crippen LogP contribution in [0.25, 0.3) is 0 Å². The third kappa shape index (κ3) is 6.52. The average Bonchev–Trinajstić information content (AvgIpc) is 2.66. The molecule has 0 bridgehead atoms. The first-order valence-electron chi connectivity index (χ1n) is 8.51. The van der Waals surface area contributed by atoms with E-state index in [0.29, 0.717) is 29.9 Å². The number of carbonyl (C=O) groups excluding carboxylic acids is 3. The zero-order chi connectivity index (χ0) is 20.5. The lowest BCUT2D eigenvalue weighted by Crippen LogP contribution is -2.33. The second kappa shape index (κ2) is 9.81. The summed E-state index contributed by atoms with van der Waals surface area (Å²) in [4.78, 5) is 45.0. The van der Waals surface area contributed by atoms with Gasteiger partial charge in [-0.15, -0.1) is 0 Å². The molecule has 2 rings (SSSR count). The first kappa shape index (κ1) is 20.6. The molecule has 3 amide bonds. The van der Waals surface area contributed by atoms with E-state index >= 15 is 0 Å². The van der Waals surface area contributed by atoms with E-state index in [1.165, 1.54) is 31.2 Å². The van der Waals surface area contributed by atoms with Gasteiger partial charge < -0.3 is 16.0 Å². The van der Waals surface area contributed by atoms with Crippen molar-refractivity contribution < 1.29 is 19.3 Å². The maximum absolute atomic E-state index is 12.1. The Morgan fingerprint density at radius 1 is 0.929 bits per heavy atom. The van der Waals surface area contributed by atoms with Gasteiger partial charge >= 0.3 is 0 Å². The summed E-state index contributed by atoms with van der Waals surface area (Å²) in [5.74, 6) is -0.724. The molecule has 0 aliphatic rings. The van der Waals surface area contributed by atoms with Gasteiger partial charge in [0.15, 0.2) is 0 Å². The molecular weight excluding hydrogens is 364 g/mol. The zero-order valence-electron chi connectivity index (χ0n) is 15.2. The van der Waals surface area contributed by atoms with E-state index in [1.807, 2.05) is 0 Å². The molecule has 0 aromatic heterocycles. The van der Waals surface area contributed by atoms with Crippen LogP contribution >= 0.6 is 0 Å². The van der Waals surface area contributed by atoms with E-state index in [-0.39, 0.29) is 29.8 Å². The highest BCUT2D eigenvalue weighted by Gasteiger charge is 2.09. The minimum atomic E-state index is -0.499. The SMILES string of the molecule is CC(=O)NCCNC(=O)c1ccc(NC(=O)Cc2ccc([N+](=O)[O-])cc2)cc1. The molecule has 0 unspecified atom stereocenters. The van der Waals surface area contributed by atoms with Gasteiger partial charge in [0.25, 0.3) is 11.6 Å². The van der Waals surface area contributed by atoms with Crippen molar-refractivity contribution >= 4 is 29.1 Å². The van der Waals surface area contributed by atoms with E-state index in [9.17, 15) is 24.5 Å². The lowest BCUT2D eigenvalue weighted by atomic mass is 10.1. The summed E-state index contributed by atoms with van der Waals surface area (Å²) in [6.45, 7) is 2.06. The van der Waals surface area contributed by atoms with Crippen molar-refractivity contribution in [2.75, 3.05) is 18.4 Å². The number of carbonyl (C=O) groups is 3. The van der Waals surface area contributed by atoms with Crippen LogP contribution in [0.5, 0.6) is 0 Å². The Morgan fingerprint density at radius 2 is 1.54 bits per heavy atom. The molecule has 0 heterocycles. The monoisotopic (exact) mass is 384 g/mol. The highest BCUT2D eigenvalue weighted by molar-refractivity contribution is 5.96. The first-order chi connectivity index (χ1) is 13.3. The standard InChI is InChI=1S/C19H20N4O5/c1-13(24)20-10-11-21-19(26)15-4-6-16(7-5-15)22-18(25)12-14-2-8-17(9-3-14)23(27)28/h2-9H,10-12H2,1H3,(H,20,24)(H,21,26)(H,22,25). The average molecular weight is 384 g/mol. The Hall–Kier alpha value is -3.75. The summed E-state index contributed by atoms with van der Waals surface area (Å²) in [5, 5.41) is 18.6. The van der Waals surface area contributed by atoms with E-state index in [1.54, 1.807) is 24.3 Å². The van der Waals surface area contributed by atoms with Crippen LogP contribution in [-0.4, -0.2) is 35.7 Å². The molecule has 0 saturated carbocycles. The second-order valence-electron chi connectivity index (χ2n) is 5.96. The predicted octanol–water partition coefficient (Wildman–Crippen LogP) is 1.64. The number of nitrogens with zero attached hydrogens (tertiary/aromatic N) is 1. The van der Waals surface area contributed by atoms with Gasteiger partial charge in [0, 0.05) is 43.4 Å². The van der Waals surface area contributed by atoms with Crippen LogP contribution in [-0.2, 0) is 16.0 Å². The number of amides is 3. The summed E-state index contributed by atoms with van der Waals surface area (Å²) >= 11 is 0. The topological polar surface area (TPSA) is 130 Å². The van der Waals surface area contributed by atoms with Gasteiger partial charge in [0.1, 0.15) is 0 Å². The van der Waals surface area contributed by atoms with E-state index in [4.69, 9.17) is 0 Å². The normalized spacial score (nSPS) is 10.0. The molecule has 2 aromatic rings. The molecule has 2 aromatic carbocycles. The summed E-state index contributed by atoms with van der Waals surface area (Å²) in [7, 11) is 0. The van der Waals surface area contributed by atoms with Crippen molar-refractivity contribution in [3.63, 3.8) is 0 Å². The van der Waals surface area contributed by atoms with Crippen molar-refractivity contribution in [2.45, 2.75) is 13.3 Å². The number of rotatable bonds is 8. The van der Waals surface area contributed by atoms with Crippen molar-refractivity contribution in [3.05, 3.63) is 69.8 Å². The van der Waals surface area contributed by atoms with Crippen LogP contribution in [0.1, 0.15) is 22.8 Å². The lowest BCUT2D eigenvalue weighted by molar-refractivity contribution is -0.384. The Kier molecular flexibility index (Phi) is 7.21. The quantitative estimate of drug-likeness (QED) is 0.362. The van der Waals surface area contributed by atoms with Crippen LogP contribution in [0.15, 0.2) is 48.5 Å². The minimum absolute atomic E-state index is 0.0323. The highest BCUT2D eigenvalue weighted by atomic mass is 16.6. The van der Waals surface area contributed by atoms with Gasteiger partial charge in [-0.05, 0) is 29.8 Å². The number of nitrogens with one attached hydrogen (secondary N) is 3. The van der Waals surface area contributed by atoms with Crippen molar-refractivity contribution in [1.29, 1.82) is 0 Å². The fourth-order valence-electron chi connectivity index (χ4n) is 2.35. The number of benzene rings is 2. The molecule has 0 radical (unpaired) electrons. The molecule has 28 heavy (non-hydrogen) atoms. The van der Waals surface area contributed by atoms with E-state index < -0.39 is 4.92 Å². The summed E-state index contributed by atoms with van der Waals surface area (Å²) in [5.41, 5.74) is 1.58. The molecule has 9 nitrogen and oxygen atoms in total. The minimum Gasteiger partial charge on any atom is -0.355 e. The van der Waals surface area contributed by atoms with Gasteiger partial charge in [-0.1, -0.05) is 12.1 Å². The Labute approximate surface area is 161 Å². The Balaban J connectivity index is 1.84. The van der Waals surface area contributed by atoms with Gasteiger partial charge in [-0.2, -0.15) is 0 Å². The first-order valence-corrected chi connectivity index (χ1v) is 8.51. The molecule has 3 N–H and O–H groups in total. The molecule has 0 fully saturated rings. The predicted molar refractivity (Wildman–Crippen MR) is 103 cm³/mol. The molecule has 0 spiro atoms. The number of hydrogen-bond donors (Lipinski definition) is 3. The van der Waals surface area contributed by atoms with E-state index in [0.717, 1.165) is 0 Å². The van der Waals surface area contributed by atoms with Crippen LogP contribution in [0.2, 0.25) is 0 Å². The summed E-state index contributed by atoms with van der Waals surface area (Å²) < 4.78 is 0. The van der Waals surface area contributed by atoms with Crippen LogP contribution in [0, 0.1) is 10.1 Å². The Morgan fingerprint density at radius 3 is 2.11 bits per heavy atom. The fourth-order valence-corrected chi connectivity index (χ4v) is 2.35. The number of non-ortho nitro benzene ring substituents is 1. The number of nitro groups is 1. The third-order valence-electron chi connectivity index (χ3n) is 3.73. The maximum Gasteiger partial charge on any atom is 0.269 e. The molecule has 0 aliphatic carbocycles. The van der Waals surface area contributed by atoms with Crippen molar-refractivity contribution in [2.24, 2.45) is 0 Å². The number of nitro benzene ring substituents is 1. The second-order valence-corrected chi connectivity index (χ2v) is 5.96. The number of hydrogen-bond acceptors (Lipinski definition) is 5. The van der Waals surface area contributed by atoms with Crippen LogP contribution in [0.3, 0.4) is 0 Å². The summed E-state index contributed by atoms with van der Waals surface area (Å²) in [6, 6.07) is 12.1. The smallest absolute Gasteiger partial charge is 0.269 e. The Bertz CT molecular complexity index is 863. The van der Waals surface area contributed by atoms with Crippen LogP contribution < -0.4 is 16.0 Å². The molecule has 146 valence electrons. The zero-order valence-corrected chi connectivity index (χ0v) is 15.2. The highest BCUT2D eigenvalue weighted by Crippen LogP contribution is 2.14. The van der Waals surface area contributed by atoms with Gasteiger partial charge in [-0.3, -0.25) is 24.5 Å². The fraction of sp³-hybridized carbons (Fsp3) is 0.211.